The fourth-order valence-electron chi connectivity index (χ4n) is 4.03. The number of hydrogen-bond donors (Lipinski definition) is 2. The van der Waals surface area contributed by atoms with Gasteiger partial charge in [0.2, 0.25) is 5.13 Å². The van der Waals surface area contributed by atoms with E-state index in [0.717, 1.165) is 51.4 Å². The first-order valence-electron chi connectivity index (χ1n) is 9.25. The predicted octanol–water partition coefficient (Wildman–Crippen LogP) is 3.53. The summed E-state index contributed by atoms with van der Waals surface area (Å²) in [5.41, 5.74) is 0. The molecule has 0 unspecified atom stereocenters. The summed E-state index contributed by atoms with van der Waals surface area (Å²) in [6.07, 6.45) is 9.71. The molecule has 0 saturated heterocycles. The molecule has 0 radical (unpaired) electrons. The minimum absolute atomic E-state index is 0.0904. The van der Waals surface area contributed by atoms with Crippen LogP contribution in [0.3, 0.4) is 0 Å². The Kier molecular flexibility index (Phi) is 6.13. The molecule has 2 N–H and O–H groups in total. The Morgan fingerprint density at radius 2 is 1.69 bits per heavy atom. The van der Waals surface area contributed by atoms with Gasteiger partial charge in [-0.2, -0.15) is 8.42 Å². The third-order valence-electron chi connectivity index (χ3n) is 5.42. The number of rotatable bonds is 4. The Labute approximate surface area is 158 Å². The second-order valence-corrected chi connectivity index (χ2v) is 9.96. The number of hydrogen-bond acceptors (Lipinski definition) is 6. The van der Waals surface area contributed by atoms with E-state index in [1.165, 1.54) is 6.42 Å². The van der Waals surface area contributed by atoms with E-state index in [0.29, 0.717) is 17.3 Å². The average molecular weight is 403 g/mol. The summed E-state index contributed by atoms with van der Waals surface area (Å²) in [5.74, 6) is 0.697. The van der Waals surface area contributed by atoms with E-state index in [2.05, 4.69) is 22.4 Å². The highest BCUT2D eigenvalue weighted by Gasteiger charge is 2.34. The average Bonchev–Trinajstić information content (AvgIpc) is 3.07. The van der Waals surface area contributed by atoms with Gasteiger partial charge in [0.1, 0.15) is 0 Å². The highest BCUT2D eigenvalue weighted by molar-refractivity contribution is 7.88. The number of urea groups is 1. The summed E-state index contributed by atoms with van der Waals surface area (Å²) >= 11 is 0.660. The minimum Gasteiger partial charge on any atom is -0.319 e. The fraction of sp³-hybridized carbons (Fsp3) is 0.812. The maximum absolute atomic E-state index is 13.0. The van der Waals surface area contributed by atoms with Gasteiger partial charge < -0.3 is 4.90 Å². The van der Waals surface area contributed by atoms with Gasteiger partial charge in [-0.3, -0.25) is 9.87 Å². The molecule has 2 aliphatic rings. The summed E-state index contributed by atoms with van der Waals surface area (Å²) in [7, 11) is -4.41. The summed E-state index contributed by atoms with van der Waals surface area (Å²) in [5, 5.41) is 9.90. The van der Waals surface area contributed by atoms with E-state index in [1.54, 1.807) is 0 Å². The molecule has 0 aromatic carbocycles. The summed E-state index contributed by atoms with van der Waals surface area (Å²) in [6.45, 7) is 2.25. The normalized spacial score (nSPS) is 25.0. The monoisotopic (exact) mass is 402 g/mol. The molecule has 0 bridgehead atoms. The van der Waals surface area contributed by atoms with Crippen molar-refractivity contribution in [2.75, 3.05) is 5.32 Å². The number of amides is 2. The van der Waals surface area contributed by atoms with Crippen LogP contribution in [0.25, 0.3) is 0 Å². The molecule has 10 heteroatoms. The largest absolute Gasteiger partial charge is 0.324 e. The van der Waals surface area contributed by atoms with E-state index >= 15 is 0 Å². The molecule has 0 spiro atoms. The summed E-state index contributed by atoms with van der Waals surface area (Å²) in [4.78, 5) is 15.0. The molecule has 2 aliphatic carbocycles. The number of carbonyl (C=O) groups excluding carboxylic acids is 1. The number of nitrogens with one attached hydrogen (secondary N) is 1. The molecule has 1 aromatic rings. The van der Waals surface area contributed by atoms with Gasteiger partial charge in [0, 0.05) is 12.1 Å². The van der Waals surface area contributed by atoms with Crippen LogP contribution in [0.15, 0.2) is 4.34 Å². The molecule has 1 aromatic heterocycles. The quantitative estimate of drug-likeness (QED) is 0.588. The Hall–Kier alpha value is -1.26. The molecule has 3 rings (SSSR count). The molecule has 0 aliphatic heterocycles. The van der Waals surface area contributed by atoms with Crippen molar-refractivity contribution in [3.63, 3.8) is 0 Å². The zero-order chi connectivity index (χ0) is 18.7. The van der Waals surface area contributed by atoms with Crippen molar-refractivity contribution in [3.05, 3.63) is 0 Å². The first-order valence-corrected chi connectivity index (χ1v) is 11.5. The summed E-state index contributed by atoms with van der Waals surface area (Å²) in [6, 6.07) is 0.189. The maximum Gasteiger partial charge on any atom is 0.324 e. The van der Waals surface area contributed by atoms with Gasteiger partial charge in [-0.05, 0) is 44.4 Å². The van der Waals surface area contributed by atoms with Crippen LogP contribution < -0.4 is 5.32 Å². The third kappa shape index (κ3) is 4.72. The second kappa shape index (κ2) is 8.18. The van der Waals surface area contributed by atoms with Crippen LogP contribution >= 0.6 is 11.3 Å². The molecular formula is C16H26N4O4S2. The van der Waals surface area contributed by atoms with Crippen LogP contribution in [0, 0.1) is 5.92 Å². The Bertz CT molecular complexity index is 722. The van der Waals surface area contributed by atoms with Crippen molar-refractivity contribution in [3.8, 4) is 0 Å². The number of aromatic nitrogens is 2. The molecule has 26 heavy (non-hydrogen) atoms. The molecule has 8 nitrogen and oxygen atoms in total. The fourth-order valence-corrected chi connectivity index (χ4v) is 5.30. The lowest BCUT2D eigenvalue weighted by Gasteiger charge is -2.42. The van der Waals surface area contributed by atoms with Crippen molar-refractivity contribution < 1.29 is 17.8 Å². The van der Waals surface area contributed by atoms with Crippen LogP contribution in [0.5, 0.6) is 0 Å². The van der Waals surface area contributed by atoms with Crippen molar-refractivity contribution in [2.24, 2.45) is 5.92 Å². The summed E-state index contributed by atoms with van der Waals surface area (Å²) < 4.78 is 30.8. The van der Waals surface area contributed by atoms with E-state index in [-0.39, 0.29) is 23.2 Å². The second-order valence-electron chi connectivity index (χ2n) is 7.39. The predicted molar refractivity (Wildman–Crippen MR) is 98.9 cm³/mol. The Balaban J connectivity index is 1.74. The van der Waals surface area contributed by atoms with E-state index in [9.17, 15) is 13.2 Å². The molecule has 2 fully saturated rings. The van der Waals surface area contributed by atoms with Gasteiger partial charge in [-0.1, -0.05) is 37.5 Å². The van der Waals surface area contributed by atoms with Gasteiger partial charge in [0.15, 0.2) is 0 Å². The van der Waals surface area contributed by atoms with E-state index in [4.69, 9.17) is 4.55 Å². The van der Waals surface area contributed by atoms with E-state index in [1.807, 2.05) is 4.90 Å². The highest BCUT2D eigenvalue weighted by atomic mass is 32.3. The molecular weight excluding hydrogens is 376 g/mol. The SMILES string of the molecule is CC1CCC(N(C(=O)Nc2nnc(S(=O)(=O)O)s2)C2CCCCC2)CC1. The zero-order valence-corrected chi connectivity index (χ0v) is 16.6. The topological polar surface area (TPSA) is 112 Å². The van der Waals surface area contributed by atoms with Crippen LogP contribution in [0.4, 0.5) is 9.93 Å². The maximum atomic E-state index is 13.0. The minimum atomic E-state index is -4.41. The lowest BCUT2D eigenvalue weighted by Crippen LogP contribution is -2.51. The lowest BCUT2D eigenvalue weighted by molar-refractivity contribution is 0.105. The number of nitrogens with zero attached hydrogens (tertiary/aromatic N) is 3. The van der Waals surface area contributed by atoms with Crippen LogP contribution in [0.2, 0.25) is 0 Å². The van der Waals surface area contributed by atoms with Crippen LogP contribution in [-0.4, -0.2) is 46.2 Å². The van der Waals surface area contributed by atoms with Gasteiger partial charge >= 0.3 is 16.1 Å². The van der Waals surface area contributed by atoms with Crippen LogP contribution in [0.1, 0.15) is 64.7 Å². The number of anilines is 1. The molecule has 2 saturated carbocycles. The molecule has 2 amide bonds. The van der Waals surface area contributed by atoms with Gasteiger partial charge in [0.05, 0.1) is 0 Å². The van der Waals surface area contributed by atoms with Crippen molar-refractivity contribution in [1.82, 2.24) is 15.1 Å². The lowest BCUT2D eigenvalue weighted by atomic mass is 9.84. The first kappa shape index (κ1) is 19.5. The van der Waals surface area contributed by atoms with Gasteiger partial charge in [-0.25, -0.2) is 4.79 Å². The zero-order valence-electron chi connectivity index (χ0n) is 14.9. The smallest absolute Gasteiger partial charge is 0.319 e. The van der Waals surface area contributed by atoms with Gasteiger partial charge in [-0.15, -0.1) is 10.2 Å². The van der Waals surface area contributed by atoms with Crippen molar-refractivity contribution >= 4 is 32.6 Å². The third-order valence-corrected chi connectivity index (χ3v) is 7.46. The molecule has 1 heterocycles. The first-order chi connectivity index (χ1) is 12.3. The molecule has 146 valence electrons. The molecule has 0 atom stereocenters. The van der Waals surface area contributed by atoms with Crippen molar-refractivity contribution in [2.45, 2.75) is 81.1 Å². The van der Waals surface area contributed by atoms with E-state index < -0.39 is 14.5 Å². The Morgan fingerprint density at radius 1 is 1.08 bits per heavy atom. The van der Waals surface area contributed by atoms with Crippen molar-refractivity contribution in [1.29, 1.82) is 0 Å². The number of carbonyl (C=O) groups is 1. The van der Waals surface area contributed by atoms with Gasteiger partial charge in [0.25, 0.3) is 4.34 Å². The Morgan fingerprint density at radius 3 is 2.27 bits per heavy atom. The van der Waals surface area contributed by atoms with Crippen LogP contribution in [-0.2, 0) is 10.1 Å². The highest BCUT2D eigenvalue weighted by Crippen LogP contribution is 2.33. The standard InChI is InChI=1S/C16H26N4O4S2/c1-11-7-9-13(10-8-11)20(12-5-3-2-4-6-12)15(21)17-14-18-19-16(25-14)26(22,23)24/h11-13H,2-10H2,1H3,(H,17,18,21)(H,22,23,24).